The van der Waals surface area contributed by atoms with Gasteiger partial charge < -0.3 is 5.32 Å². The molecular weight excluding hydrogens is 189 g/mol. The van der Waals surface area contributed by atoms with E-state index in [0.29, 0.717) is 5.92 Å². The van der Waals surface area contributed by atoms with Crippen LogP contribution < -0.4 is 5.32 Å². The fourth-order valence-electron chi connectivity index (χ4n) is 3.23. The van der Waals surface area contributed by atoms with E-state index in [1.165, 1.54) is 12.8 Å². The molecule has 15 heavy (non-hydrogen) atoms. The van der Waals surface area contributed by atoms with Crippen molar-refractivity contribution in [1.82, 2.24) is 5.32 Å². The predicted octanol–water partition coefficient (Wildman–Crippen LogP) is 2.54. The number of hydrogen-bond donors (Lipinski definition) is 1. The van der Waals surface area contributed by atoms with Gasteiger partial charge in [-0.15, -0.1) is 0 Å². The van der Waals surface area contributed by atoms with Crippen LogP contribution in [0.1, 0.15) is 24.3 Å². The molecule has 2 fully saturated rings. The average molecular weight is 205 g/mol. The minimum atomic E-state index is -0.0181. The second-order valence-electron chi connectivity index (χ2n) is 4.87. The van der Waals surface area contributed by atoms with E-state index >= 15 is 0 Å². The molecule has 2 atom stereocenters. The summed E-state index contributed by atoms with van der Waals surface area (Å²) in [7, 11) is 0. The molecular formula is C13H16FN. The Morgan fingerprint density at radius 2 is 1.73 bits per heavy atom. The third-order valence-corrected chi connectivity index (χ3v) is 4.00. The van der Waals surface area contributed by atoms with E-state index in [-0.39, 0.29) is 5.82 Å². The smallest absolute Gasteiger partial charge is 0.126 e. The van der Waals surface area contributed by atoms with Gasteiger partial charge in [0.15, 0.2) is 0 Å². The monoisotopic (exact) mass is 205 g/mol. The van der Waals surface area contributed by atoms with Crippen LogP contribution in [0.4, 0.5) is 4.39 Å². The average Bonchev–Trinajstić information content (AvgIpc) is 2.77. The molecule has 80 valence electrons. The van der Waals surface area contributed by atoms with Crippen LogP contribution in [-0.2, 0) is 0 Å². The number of benzene rings is 1. The van der Waals surface area contributed by atoms with Gasteiger partial charge in [-0.2, -0.15) is 0 Å². The number of fused-ring (bicyclic) bond motifs is 1. The fourth-order valence-corrected chi connectivity index (χ4v) is 3.23. The molecule has 0 amide bonds. The first kappa shape index (κ1) is 9.34. The van der Waals surface area contributed by atoms with Gasteiger partial charge in [-0.05, 0) is 55.3 Å². The molecule has 0 radical (unpaired) electrons. The zero-order valence-corrected chi connectivity index (χ0v) is 8.75. The van der Waals surface area contributed by atoms with Gasteiger partial charge >= 0.3 is 0 Å². The quantitative estimate of drug-likeness (QED) is 0.743. The highest BCUT2D eigenvalue weighted by atomic mass is 19.1. The molecule has 1 saturated heterocycles. The van der Waals surface area contributed by atoms with Crippen LogP contribution >= 0.6 is 0 Å². The molecule has 1 N–H and O–H groups in total. The van der Waals surface area contributed by atoms with Crippen molar-refractivity contribution in [3.8, 4) is 0 Å². The fraction of sp³-hybridized carbons (Fsp3) is 0.538. The lowest BCUT2D eigenvalue weighted by molar-refractivity contribution is 0.494. The molecule has 2 heteroatoms. The molecule has 2 aliphatic rings. The van der Waals surface area contributed by atoms with Crippen LogP contribution in [0.2, 0.25) is 0 Å². The maximum atomic E-state index is 13.6. The first-order valence-electron chi connectivity index (χ1n) is 5.79. The van der Waals surface area contributed by atoms with Gasteiger partial charge in [0.1, 0.15) is 5.82 Å². The summed E-state index contributed by atoms with van der Waals surface area (Å²) in [6.45, 7) is 2.27. The maximum Gasteiger partial charge on any atom is 0.126 e. The largest absolute Gasteiger partial charge is 0.316 e. The summed E-state index contributed by atoms with van der Waals surface area (Å²) in [5.41, 5.74) is 0.937. The summed E-state index contributed by atoms with van der Waals surface area (Å²) in [6.07, 6.45) is 2.33. The van der Waals surface area contributed by atoms with E-state index in [9.17, 15) is 4.39 Å². The molecule has 1 saturated carbocycles. The Kier molecular flexibility index (Phi) is 2.24. The van der Waals surface area contributed by atoms with E-state index in [1.54, 1.807) is 12.1 Å². The molecule has 1 aromatic carbocycles. The maximum absolute atomic E-state index is 13.6. The first-order valence-corrected chi connectivity index (χ1v) is 5.79. The Labute approximate surface area is 89.7 Å². The van der Waals surface area contributed by atoms with Gasteiger partial charge in [0.25, 0.3) is 0 Å². The first-order chi connectivity index (χ1) is 7.34. The summed E-state index contributed by atoms with van der Waals surface area (Å²) in [5, 5.41) is 3.42. The Morgan fingerprint density at radius 1 is 1.07 bits per heavy atom. The van der Waals surface area contributed by atoms with Crippen molar-refractivity contribution in [3.05, 3.63) is 35.6 Å². The molecule has 1 heterocycles. The number of rotatable bonds is 1. The van der Waals surface area contributed by atoms with Crippen molar-refractivity contribution in [2.45, 2.75) is 18.8 Å². The Bertz CT molecular complexity index is 351. The van der Waals surface area contributed by atoms with Gasteiger partial charge in [-0.1, -0.05) is 18.2 Å². The summed E-state index contributed by atoms with van der Waals surface area (Å²) in [6, 6.07) is 7.26. The van der Waals surface area contributed by atoms with E-state index in [4.69, 9.17) is 0 Å². The molecule has 1 aliphatic carbocycles. The Hall–Kier alpha value is -0.890. The highest BCUT2D eigenvalue weighted by Crippen LogP contribution is 2.44. The lowest BCUT2D eigenvalue weighted by Crippen LogP contribution is -2.11. The summed E-state index contributed by atoms with van der Waals surface area (Å²) >= 11 is 0. The normalized spacial score (nSPS) is 34.3. The van der Waals surface area contributed by atoms with Crippen LogP contribution in [0, 0.1) is 17.7 Å². The molecule has 0 aromatic heterocycles. The van der Waals surface area contributed by atoms with Crippen molar-refractivity contribution in [1.29, 1.82) is 0 Å². The zero-order valence-electron chi connectivity index (χ0n) is 8.75. The standard InChI is InChI=1S/C13H16FN/c14-13-4-2-1-3-12(13)9-5-10-7-15-8-11(10)6-9/h1-4,9-11,15H,5-8H2. The van der Waals surface area contributed by atoms with E-state index in [1.807, 2.05) is 12.1 Å². The predicted molar refractivity (Wildman–Crippen MR) is 58.2 cm³/mol. The summed E-state index contributed by atoms with van der Waals surface area (Å²) in [5.74, 6) is 2.02. The SMILES string of the molecule is Fc1ccccc1C1CC2CNCC2C1. The molecule has 2 unspecified atom stereocenters. The minimum absolute atomic E-state index is 0.0181. The lowest BCUT2D eigenvalue weighted by atomic mass is 9.95. The van der Waals surface area contributed by atoms with E-state index in [0.717, 1.165) is 30.5 Å². The molecule has 1 aliphatic heterocycles. The van der Waals surface area contributed by atoms with Crippen molar-refractivity contribution < 1.29 is 4.39 Å². The van der Waals surface area contributed by atoms with Crippen molar-refractivity contribution in [3.63, 3.8) is 0 Å². The summed E-state index contributed by atoms with van der Waals surface area (Å²) in [4.78, 5) is 0. The number of nitrogens with one attached hydrogen (secondary N) is 1. The second kappa shape index (κ2) is 3.60. The number of hydrogen-bond acceptors (Lipinski definition) is 1. The Morgan fingerprint density at radius 3 is 2.40 bits per heavy atom. The third-order valence-electron chi connectivity index (χ3n) is 4.00. The van der Waals surface area contributed by atoms with Crippen molar-refractivity contribution >= 4 is 0 Å². The van der Waals surface area contributed by atoms with Crippen molar-refractivity contribution in [2.75, 3.05) is 13.1 Å². The van der Waals surface area contributed by atoms with Crippen LogP contribution in [0.5, 0.6) is 0 Å². The van der Waals surface area contributed by atoms with Gasteiger partial charge in [0, 0.05) is 0 Å². The van der Waals surface area contributed by atoms with Crippen LogP contribution in [0.3, 0.4) is 0 Å². The highest BCUT2D eigenvalue weighted by Gasteiger charge is 2.38. The second-order valence-corrected chi connectivity index (χ2v) is 4.87. The summed E-state index contributed by atoms with van der Waals surface area (Å²) < 4.78 is 13.6. The molecule has 1 aromatic rings. The highest BCUT2D eigenvalue weighted by molar-refractivity contribution is 5.23. The van der Waals surface area contributed by atoms with Crippen molar-refractivity contribution in [2.24, 2.45) is 11.8 Å². The molecule has 1 nitrogen and oxygen atoms in total. The number of halogens is 1. The topological polar surface area (TPSA) is 12.0 Å². The third kappa shape index (κ3) is 1.57. The van der Waals surface area contributed by atoms with Crippen LogP contribution in [0.15, 0.2) is 24.3 Å². The van der Waals surface area contributed by atoms with Crippen LogP contribution in [-0.4, -0.2) is 13.1 Å². The van der Waals surface area contributed by atoms with Gasteiger partial charge in [-0.25, -0.2) is 4.39 Å². The van der Waals surface area contributed by atoms with E-state index < -0.39 is 0 Å². The van der Waals surface area contributed by atoms with Gasteiger partial charge in [0.05, 0.1) is 0 Å². The molecule has 3 rings (SSSR count). The minimum Gasteiger partial charge on any atom is -0.316 e. The Balaban J connectivity index is 1.82. The molecule has 0 bridgehead atoms. The molecule has 0 spiro atoms. The van der Waals surface area contributed by atoms with Gasteiger partial charge in [0.2, 0.25) is 0 Å². The van der Waals surface area contributed by atoms with E-state index in [2.05, 4.69) is 5.32 Å². The van der Waals surface area contributed by atoms with Gasteiger partial charge in [-0.3, -0.25) is 0 Å². The van der Waals surface area contributed by atoms with Crippen LogP contribution in [0.25, 0.3) is 0 Å². The zero-order chi connectivity index (χ0) is 10.3. The lowest BCUT2D eigenvalue weighted by Gasteiger charge is -2.12.